The highest BCUT2D eigenvalue weighted by molar-refractivity contribution is 8.00. The van der Waals surface area contributed by atoms with Crippen molar-refractivity contribution < 1.29 is 4.79 Å². The summed E-state index contributed by atoms with van der Waals surface area (Å²) in [6, 6.07) is 0. The van der Waals surface area contributed by atoms with E-state index in [1.165, 1.54) is 19.3 Å². The van der Waals surface area contributed by atoms with Crippen LogP contribution in [-0.4, -0.2) is 48.5 Å². The number of carbonyl (C=O) groups excluding carboxylic acids is 1. The van der Waals surface area contributed by atoms with Crippen LogP contribution in [0, 0.1) is 11.8 Å². The van der Waals surface area contributed by atoms with E-state index in [4.69, 9.17) is 0 Å². The van der Waals surface area contributed by atoms with Crippen molar-refractivity contribution in [2.45, 2.75) is 31.4 Å². The molecular formula is C13H24N2OS. The van der Waals surface area contributed by atoms with Crippen LogP contribution in [0.3, 0.4) is 0 Å². The largest absolute Gasteiger partial charge is 0.345 e. The number of nitrogens with one attached hydrogen (secondary N) is 1. The molecule has 3 nitrogen and oxygen atoms in total. The van der Waals surface area contributed by atoms with Crippen molar-refractivity contribution in [3.8, 4) is 0 Å². The summed E-state index contributed by atoms with van der Waals surface area (Å²) in [5.41, 5.74) is 0. The number of hydrogen-bond donors (Lipinski definition) is 1. The Morgan fingerprint density at radius 1 is 1.41 bits per heavy atom. The molecule has 0 bridgehead atoms. The zero-order valence-electron chi connectivity index (χ0n) is 10.9. The first kappa shape index (κ1) is 13.2. The minimum Gasteiger partial charge on any atom is -0.345 e. The maximum atomic E-state index is 11.9. The van der Waals surface area contributed by atoms with Crippen LogP contribution in [0.2, 0.25) is 0 Å². The van der Waals surface area contributed by atoms with Crippen molar-refractivity contribution in [1.29, 1.82) is 0 Å². The molecule has 1 amide bonds. The summed E-state index contributed by atoms with van der Waals surface area (Å²) in [5.74, 6) is 2.59. The first-order valence-corrected chi connectivity index (χ1v) is 7.78. The lowest BCUT2D eigenvalue weighted by molar-refractivity contribution is -0.127. The second-order valence-corrected chi connectivity index (χ2v) is 6.80. The lowest BCUT2D eigenvalue weighted by Gasteiger charge is -2.23. The van der Waals surface area contributed by atoms with E-state index in [2.05, 4.69) is 12.2 Å². The van der Waals surface area contributed by atoms with E-state index in [-0.39, 0.29) is 0 Å². The van der Waals surface area contributed by atoms with Crippen LogP contribution < -0.4 is 5.32 Å². The summed E-state index contributed by atoms with van der Waals surface area (Å²) in [4.78, 5) is 13.9. The third-order valence-corrected chi connectivity index (χ3v) is 5.30. The molecule has 0 radical (unpaired) electrons. The average Bonchev–Trinajstić information content (AvgIpc) is 3.03. The van der Waals surface area contributed by atoms with E-state index in [0.29, 0.717) is 16.9 Å². The zero-order chi connectivity index (χ0) is 12.3. The molecule has 17 heavy (non-hydrogen) atoms. The monoisotopic (exact) mass is 256 g/mol. The van der Waals surface area contributed by atoms with Crippen molar-refractivity contribution >= 4 is 17.7 Å². The maximum Gasteiger partial charge on any atom is 0.232 e. The van der Waals surface area contributed by atoms with Gasteiger partial charge in [-0.15, -0.1) is 11.8 Å². The second-order valence-electron chi connectivity index (χ2n) is 5.51. The standard InChI is InChI=1S/C13H24N2OS/c1-10-7-11(10)8-15(2)13(16)9-17-12-3-5-14-6-4-12/h10-12,14H,3-9H2,1-2H3. The molecule has 4 heteroatoms. The van der Waals surface area contributed by atoms with Gasteiger partial charge in [-0.1, -0.05) is 6.92 Å². The summed E-state index contributed by atoms with van der Waals surface area (Å²) in [5, 5.41) is 4.04. The quantitative estimate of drug-likeness (QED) is 0.811. The van der Waals surface area contributed by atoms with Gasteiger partial charge >= 0.3 is 0 Å². The number of thioether (sulfide) groups is 1. The summed E-state index contributed by atoms with van der Waals surface area (Å²) in [7, 11) is 1.95. The molecular weight excluding hydrogens is 232 g/mol. The molecule has 2 aliphatic rings. The van der Waals surface area contributed by atoms with Crippen molar-refractivity contribution in [2.24, 2.45) is 11.8 Å². The van der Waals surface area contributed by atoms with E-state index in [0.717, 1.165) is 31.5 Å². The molecule has 98 valence electrons. The van der Waals surface area contributed by atoms with Gasteiger partial charge in [0.1, 0.15) is 0 Å². The lowest BCUT2D eigenvalue weighted by Crippen LogP contribution is -2.33. The van der Waals surface area contributed by atoms with Crippen LogP contribution in [0.15, 0.2) is 0 Å². The zero-order valence-corrected chi connectivity index (χ0v) is 11.8. The third-order valence-electron chi connectivity index (χ3n) is 3.94. The van der Waals surface area contributed by atoms with Crippen LogP contribution in [0.25, 0.3) is 0 Å². The Hall–Kier alpha value is -0.220. The van der Waals surface area contributed by atoms with Gasteiger partial charge in [-0.25, -0.2) is 0 Å². The number of rotatable bonds is 5. The van der Waals surface area contributed by atoms with Gasteiger partial charge in [-0.3, -0.25) is 4.79 Å². The molecule has 2 fully saturated rings. The topological polar surface area (TPSA) is 32.3 Å². The molecule has 2 atom stereocenters. The summed E-state index contributed by atoms with van der Waals surface area (Å²) in [6.07, 6.45) is 3.72. The van der Waals surface area contributed by atoms with Crippen molar-refractivity contribution in [3.63, 3.8) is 0 Å². The molecule has 0 aromatic carbocycles. The third kappa shape index (κ3) is 4.18. The number of carbonyl (C=O) groups is 1. The normalized spacial score (nSPS) is 29.1. The second kappa shape index (κ2) is 6.10. The van der Waals surface area contributed by atoms with Crippen LogP contribution in [0.1, 0.15) is 26.2 Å². The Labute approximate surface area is 109 Å². The van der Waals surface area contributed by atoms with Crippen LogP contribution >= 0.6 is 11.8 Å². The molecule has 1 heterocycles. The minimum atomic E-state index is 0.313. The van der Waals surface area contributed by atoms with Gasteiger partial charge in [0.15, 0.2) is 0 Å². The number of hydrogen-bond acceptors (Lipinski definition) is 3. The highest BCUT2D eigenvalue weighted by Crippen LogP contribution is 2.38. The molecule has 0 aromatic heterocycles. The maximum absolute atomic E-state index is 11.9. The minimum absolute atomic E-state index is 0.313. The molecule has 2 unspecified atom stereocenters. The Morgan fingerprint density at radius 3 is 2.65 bits per heavy atom. The van der Waals surface area contributed by atoms with Crippen molar-refractivity contribution in [3.05, 3.63) is 0 Å². The van der Waals surface area contributed by atoms with E-state index >= 15 is 0 Å². The number of piperidine rings is 1. The molecule has 1 N–H and O–H groups in total. The molecule has 1 saturated heterocycles. The highest BCUT2D eigenvalue weighted by atomic mass is 32.2. The summed E-state index contributed by atoms with van der Waals surface area (Å²) < 4.78 is 0. The van der Waals surface area contributed by atoms with Gasteiger partial charge in [0, 0.05) is 18.8 Å². The van der Waals surface area contributed by atoms with Crippen molar-refractivity contribution in [2.75, 3.05) is 32.4 Å². The Morgan fingerprint density at radius 2 is 2.06 bits per heavy atom. The molecule has 0 spiro atoms. The van der Waals surface area contributed by atoms with E-state index in [1.807, 2.05) is 23.7 Å². The van der Waals surface area contributed by atoms with Gasteiger partial charge in [0.05, 0.1) is 5.75 Å². The first-order chi connectivity index (χ1) is 8.16. The molecule has 1 saturated carbocycles. The molecule has 0 aromatic rings. The highest BCUT2D eigenvalue weighted by Gasteiger charge is 2.34. The first-order valence-electron chi connectivity index (χ1n) is 6.73. The summed E-state index contributed by atoms with van der Waals surface area (Å²) in [6.45, 7) is 5.46. The predicted molar refractivity (Wildman–Crippen MR) is 73.3 cm³/mol. The Bertz CT molecular complexity index is 266. The van der Waals surface area contributed by atoms with Gasteiger partial charge in [-0.05, 0) is 44.2 Å². The summed E-state index contributed by atoms with van der Waals surface area (Å²) >= 11 is 1.85. The molecule has 1 aliphatic carbocycles. The average molecular weight is 256 g/mol. The van der Waals surface area contributed by atoms with Crippen molar-refractivity contribution in [1.82, 2.24) is 10.2 Å². The van der Waals surface area contributed by atoms with Gasteiger partial charge in [0.25, 0.3) is 0 Å². The van der Waals surface area contributed by atoms with Crippen LogP contribution in [0.5, 0.6) is 0 Å². The molecule has 2 rings (SSSR count). The number of nitrogens with zero attached hydrogens (tertiary/aromatic N) is 1. The van der Waals surface area contributed by atoms with Crippen LogP contribution in [-0.2, 0) is 4.79 Å². The smallest absolute Gasteiger partial charge is 0.232 e. The van der Waals surface area contributed by atoms with Gasteiger partial charge in [0.2, 0.25) is 5.91 Å². The van der Waals surface area contributed by atoms with E-state index in [9.17, 15) is 4.79 Å². The van der Waals surface area contributed by atoms with E-state index in [1.54, 1.807) is 0 Å². The van der Waals surface area contributed by atoms with E-state index < -0.39 is 0 Å². The Kier molecular flexibility index (Phi) is 4.74. The van der Waals surface area contributed by atoms with Crippen LogP contribution in [0.4, 0.5) is 0 Å². The van der Waals surface area contributed by atoms with Gasteiger partial charge < -0.3 is 10.2 Å². The fraction of sp³-hybridized carbons (Fsp3) is 0.923. The SMILES string of the molecule is CC1CC1CN(C)C(=O)CSC1CCNCC1. The number of amides is 1. The van der Waals surface area contributed by atoms with Gasteiger partial charge in [-0.2, -0.15) is 0 Å². The predicted octanol–water partition coefficient (Wildman–Crippen LogP) is 1.59. The Balaban J connectivity index is 1.62. The fourth-order valence-corrected chi connectivity index (χ4v) is 3.54. The molecule has 1 aliphatic heterocycles. The fourth-order valence-electron chi connectivity index (χ4n) is 2.37. The lowest BCUT2D eigenvalue weighted by atomic mass is 10.2.